The lowest BCUT2D eigenvalue weighted by molar-refractivity contribution is 0.127. The van der Waals surface area contributed by atoms with E-state index in [4.69, 9.17) is 4.74 Å². The molecule has 4 nitrogen and oxygen atoms in total. The third kappa shape index (κ3) is 1.94. The maximum absolute atomic E-state index is 11.4. The van der Waals surface area contributed by atoms with Gasteiger partial charge in [-0.1, -0.05) is 0 Å². The minimum Gasteiger partial charge on any atom is -0.453 e. The molecule has 2 aliphatic heterocycles. The third-order valence-corrected chi connectivity index (χ3v) is 3.41. The van der Waals surface area contributed by atoms with Gasteiger partial charge in [-0.2, -0.15) is 0 Å². The summed E-state index contributed by atoms with van der Waals surface area (Å²) in [6, 6.07) is 0. The van der Waals surface area contributed by atoms with Crippen LogP contribution < -0.4 is 0 Å². The highest BCUT2D eigenvalue weighted by Gasteiger charge is 2.36. The number of methoxy groups -OCH3 is 1. The molecule has 0 radical (unpaired) electrons. The maximum Gasteiger partial charge on any atom is 0.410 e. The summed E-state index contributed by atoms with van der Waals surface area (Å²) in [7, 11) is 1.44. The minimum absolute atomic E-state index is 0.209. The van der Waals surface area contributed by atoms with Gasteiger partial charge < -0.3 is 9.64 Å². The van der Waals surface area contributed by atoms with E-state index in [-0.39, 0.29) is 11.6 Å². The van der Waals surface area contributed by atoms with Crippen LogP contribution in [0, 0.1) is 0 Å². The lowest BCUT2D eigenvalue weighted by Crippen LogP contribution is -2.42. The average Bonchev–Trinajstić information content (AvgIpc) is 2.71. The van der Waals surface area contributed by atoms with Crippen molar-refractivity contribution >= 4 is 6.09 Å². The molecule has 0 aromatic carbocycles. The first-order chi connectivity index (χ1) is 7.41. The Kier molecular flexibility index (Phi) is 2.70. The second kappa shape index (κ2) is 3.77. The van der Waals surface area contributed by atoms with Crippen LogP contribution in [0.2, 0.25) is 0 Å². The molecule has 0 spiro atoms. The molecule has 90 valence electrons. The van der Waals surface area contributed by atoms with Gasteiger partial charge in [0.25, 0.3) is 0 Å². The molecule has 2 aliphatic rings. The Hall–Kier alpha value is -1.03. The molecule has 2 rings (SSSR count). The zero-order valence-electron chi connectivity index (χ0n) is 10.5. The Bertz CT molecular complexity index is 323. The molecule has 0 aromatic heterocycles. The van der Waals surface area contributed by atoms with Crippen LogP contribution in [0.15, 0.2) is 11.1 Å². The van der Waals surface area contributed by atoms with Crippen molar-refractivity contribution in [1.82, 2.24) is 9.80 Å². The van der Waals surface area contributed by atoms with Crippen LogP contribution in [-0.4, -0.2) is 54.7 Å². The van der Waals surface area contributed by atoms with E-state index < -0.39 is 0 Å². The minimum atomic E-state index is -0.211. The Morgan fingerprint density at radius 2 is 1.62 bits per heavy atom. The molecule has 0 aromatic rings. The Morgan fingerprint density at radius 1 is 1.12 bits per heavy atom. The first kappa shape index (κ1) is 11.5. The van der Waals surface area contributed by atoms with Crippen LogP contribution in [0.25, 0.3) is 0 Å². The van der Waals surface area contributed by atoms with Crippen LogP contribution in [0.3, 0.4) is 0 Å². The molecule has 16 heavy (non-hydrogen) atoms. The Balaban J connectivity index is 1.96. The summed E-state index contributed by atoms with van der Waals surface area (Å²) < 4.78 is 4.74. The summed E-state index contributed by atoms with van der Waals surface area (Å²) in [5.74, 6) is 0. The average molecular weight is 224 g/mol. The molecule has 0 N–H and O–H groups in total. The van der Waals surface area contributed by atoms with Crippen molar-refractivity contribution in [3.05, 3.63) is 11.1 Å². The van der Waals surface area contributed by atoms with Gasteiger partial charge in [0.1, 0.15) is 0 Å². The van der Waals surface area contributed by atoms with Gasteiger partial charge in [0.15, 0.2) is 0 Å². The molecule has 0 fully saturated rings. The lowest BCUT2D eigenvalue weighted by Gasteiger charge is -2.33. The van der Waals surface area contributed by atoms with E-state index in [1.165, 1.54) is 18.3 Å². The first-order valence-electron chi connectivity index (χ1n) is 5.69. The smallest absolute Gasteiger partial charge is 0.410 e. The number of rotatable bonds is 0. The van der Waals surface area contributed by atoms with E-state index in [0.717, 1.165) is 26.2 Å². The largest absolute Gasteiger partial charge is 0.453 e. The van der Waals surface area contributed by atoms with Gasteiger partial charge in [0.05, 0.1) is 7.11 Å². The first-order valence-corrected chi connectivity index (χ1v) is 5.69. The van der Waals surface area contributed by atoms with Gasteiger partial charge in [-0.05, 0) is 31.9 Å². The molecule has 0 saturated carbocycles. The van der Waals surface area contributed by atoms with Crippen molar-refractivity contribution in [2.24, 2.45) is 0 Å². The second-order valence-corrected chi connectivity index (χ2v) is 5.56. The van der Waals surface area contributed by atoms with E-state index in [1.54, 1.807) is 4.90 Å². The van der Waals surface area contributed by atoms with Crippen molar-refractivity contribution in [2.75, 3.05) is 33.3 Å². The number of hydrogen-bond acceptors (Lipinski definition) is 3. The normalized spacial score (nSPS) is 21.6. The van der Waals surface area contributed by atoms with Crippen molar-refractivity contribution in [3.8, 4) is 0 Å². The monoisotopic (exact) mass is 224 g/mol. The molecular formula is C12H20N2O2. The van der Waals surface area contributed by atoms with Crippen LogP contribution >= 0.6 is 0 Å². The number of ether oxygens (including phenoxy) is 1. The third-order valence-electron chi connectivity index (χ3n) is 3.41. The highest BCUT2D eigenvalue weighted by Crippen LogP contribution is 2.30. The number of hydrogen-bond donors (Lipinski definition) is 0. The van der Waals surface area contributed by atoms with E-state index in [2.05, 4.69) is 25.7 Å². The summed E-state index contributed by atoms with van der Waals surface area (Å²) in [5, 5.41) is 0. The molecule has 0 bridgehead atoms. The SMILES string of the molecule is COC(=O)N1CC2=C(C1)CN(C(C)(C)C)C2. The predicted octanol–water partition coefficient (Wildman–Crippen LogP) is 1.48. The topological polar surface area (TPSA) is 32.8 Å². The van der Waals surface area contributed by atoms with Gasteiger partial charge in [-0.3, -0.25) is 4.90 Å². The summed E-state index contributed by atoms with van der Waals surface area (Å²) in [5.41, 5.74) is 3.01. The fourth-order valence-corrected chi connectivity index (χ4v) is 2.31. The van der Waals surface area contributed by atoms with Crippen LogP contribution in [0.4, 0.5) is 4.79 Å². The number of nitrogens with zero attached hydrogens (tertiary/aromatic N) is 2. The molecule has 4 heteroatoms. The zero-order valence-corrected chi connectivity index (χ0v) is 10.5. The van der Waals surface area contributed by atoms with E-state index in [1.807, 2.05) is 0 Å². The van der Waals surface area contributed by atoms with E-state index >= 15 is 0 Å². The second-order valence-electron chi connectivity index (χ2n) is 5.56. The lowest BCUT2D eigenvalue weighted by atomic mass is 10.1. The molecular weight excluding hydrogens is 204 g/mol. The van der Waals surface area contributed by atoms with Gasteiger partial charge in [0.2, 0.25) is 0 Å². The Labute approximate surface area is 96.8 Å². The van der Waals surface area contributed by atoms with Gasteiger partial charge in [0, 0.05) is 31.7 Å². The van der Waals surface area contributed by atoms with Crippen molar-refractivity contribution in [2.45, 2.75) is 26.3 Å². The standard InChI is InChI=1S/C12H20N2O2/c1-12(2,3)14-7-9-5-13(11(15)16-4)6-10(9)8-14/h5-8H2,1-4H3. The molecule has 2 heterocycles. The quantitative estimate of drug-likeness (QED) is 0.584. The molecule has 0 atom stereocenters. The molecule has 0 aliphatic carbocycles. The maximum atomic E-state index is 11.4. The van der Waals surface area contributed by atoms with Gasteiger partial charge in [-0.15, -0.1) is 0 Å². The predicted molar refractivity (Wildman–Crippen MR) is 62.3 cm³/mol. The van der Waals surface area contributed by atoms with Gasteiger partial charge in [-0.25, -0.2) is 4.79 Å². The molecule has 0 unspecified atom stereocenters. The molecule has 0 saturated heterocycles. The van der Waals surface area contributed by atoms with E-state index in [0.29, 0.717) is 0 Å². The van der Waals surface area contributed by atoms with Crippen LogP contribution in [0.1, 0.15) is 20.8 Å². The summed E-state index contributed by atoms with van der Waals surface area (Å²) in [6.07, 6.45) is -0.211. The van der Waals surface area contributed by atoms with Crippen molar-refractivity contribution in [3.63, 3.8) is 0 Å². The van der Waals surface area contributed by atoms with Crippen LogP contribution in [-0.2, 0) is 4.74 Å². The number of amides is 1. The fourth-order valence-electron chi connectivity index (χ4n) is 2.31. The molecule has 1 amide bonds. The highest BCUT2D eigenvalue weighted by molar-refractivity contribution is 5.69. The van der Waals surface area contributed by atoms with E-state index in [9.17, 15) is 4.79 Å². The fraction of sp³-hybridized carbons (Fsp3) is 0.750. The zero-order chi connectivity index (χ0) is 11.9. The Morgan fingerprint density at radius 3 is 2.00 bits per heavy atom. The highest BCUT2D eigenvalue weighted by atomic mass is 16.5. The number of carbonyl (C=O) groups excluding carboxylic acids is 1. The number of carbonyl (C=O) groups is 1. The van der Waals surface area contributed by atoms with Crippen molar-refractivity contribution in [1.29, 1.82) is 0 Å². The van der Waals surface area contributed by atoms with Gasteiger partial charge >= 0.3 is 6.09 Å². The summed E-state index contributed by atoms with van der Waals surface area (Å²) in [6.45, 7) is 10.2. The van der Waals surface area contributed by atoms with Crippen LogP contribution in [0.5, 0.6) is 0 Å². The van der Waals surface area contributed by atoms with Crippen molar-refractivity contribution < 1.29 is 9.53 Å². The summed E-state index contributed by atoms with van der Waals surface area (Å²) >= 11 is 0. The summed E-state index contributed by atoms with van der Waals surface area (Å²) in [4.78, 5) is 15.6.